The number of thioether (sulfide) groups is 1. The van der Waals surface area contributed by atoms with Crippen LogP contribution in [0.2, 0.25) is 0 Å². The highest BCUT2D eigenvalue weighted by molar-refractivity contribution is 7.99. The highest BCUT2D eigenvalue weighted by atomic mass is 32.2. The van der Waals surface area contributed by atoms with E-state index in [2.05, 4.69) is 20.7 Å². The molecule has 1 N–H and O–H groups in total. The van der Waals surface area contributed by atoms with Crippen molar-refractivity contribution in [3.05, 3.63) is 66.5 Å². The molecule has 0 bridgehead atoms. The van der Waals surface area contributed by atoms with Crippen LogP contribution < -0.4 is 5.32 Å². The number of carbonyl (C=O) groups is 1. The second-order valence-corrected chi connectivity index (χ2v) is 6.85. The van der Waals surface area contributed by atoms with Crippen molar-refractivity contribution >= 4 is 34.4 Å². The number of hydrogen-bond acceptors (Lipinski definition) is 5. The van der Waals surface area contributed by atoms with Gasteiger partial charge in [-0.1, -0.05) is 41.2 Å². The molecule has 0 unspecified atom stereocenters. The number of para-hydroxylation sites is 1. The van der Waals surface area contributed by atoms with Gasteiger partial charge in [-0.15, -0.1) is 5.10 Å². The highest BCUT2D eigenvalue weighted by Gasteiger charge is 2.16. The van der Waals surface area contributed by atoms with Gasteiger partial charge in [-0.2, -0.15) is 13.9 Å². The lowest BCUT2D eigenvalue weighted by atomic mass is 10.2. The van der Waals surface area contributed by atoms with Crippen LogP contribution in [-0.2, 0) is 6.67 Å². The molecular weight excluding hydrogens is 386 g/mol. The first kappa shape index (κ1) is 18.1. The maximum atomic E-state index is 12.7. The van der Waals surface area contributed by atoms with Gasteiger partial charge in [0.2, 0.25) is 0 Å². The topological polar surface area (TPSA) is 77.6 Å². The van der Waals surface area contributed by atoms with Crippen molar-refractivity contribution in [3.63, 3.8) is 0 Å². The summed E-state index contributed by atoms with van der Waals surface area (Å²) in [5.41, 5.74) is 2.27. The molecule has 2 aromatic heterocycles. The zero-order chi connectivity index (χ0) is 19.5. The predicted octanol–water partition coefficient (Wildman–Crippen LogP) is 3.70. The number of amides is 1. The molecule has 0 aliphatic carbocycles. The van der Waals surface area contributed by atoms with Crippen LogP contribution in [0.15, 0.2) is 65.8 Å². The van der Waals surface area contributed by atoms with Crippen LogP contribution in [0.25, 0.3) is 11.0 Å². The predicted molar refractivity (Wildman–Crippen MR) is 101 cm³/mol. The van der Waals surface area contributed by atoms with Gasteiger partial charge in [0, 0.05) is 4.90 Å². The number of halogens is 2. The molecule has 4 aromatic rings. The minimum Gasteiger partial charge on any atom is -0.319 e. The molecule has 0 spiro atoms. The molecule has 0 fully saturated rings. The Hall–Kier alpha value is -3.27. The van der Waals surface area contributed by atoms with E-state index in [-0.39, 0.29) is 10.5 Å². The van der Waals surface area contributed by atoms with Crippen molar-refractivity contribution < 1.29 is 13.6 Å². The number of fused-ring (bicyclic) bond motifs is 1. The number of aromatic nitrogens is 5. The van der Waals surface area contributed by atoms with E-state index in [0.29, 0.717) is 24.1 Å². The van der Waals surface area contributed by atoms with E-state index in [1.807, 2.05) is 24.3 Å². The summed E-state index contributed by atoms with van der Waals surface area (Å²) in [6.07, 6.45) is 3.12. The molecule has 0 aliphatic heterocycles. The SMILES string of the molecule is O=C(Nc1cnn(Cn2nnc3ccccc32)c1)c1ccccc1SC(F)F. The van der Waals surface area contributed by atoms with Crippen LogP contribution >= 0.6 is 11.8 Å². The molecule has 7 nitrogen and oxygen atoms in total. The van der Waals surface area contributed by atoms with Crippen molar-refractivity contribution in [2.45, 2.75) is 17.3 Å². The maximum Gasteiger partial charge on any atom is 0.288 e. The Morgan fingerprint density at radius 1 is 1.14 bits per heavy atom. The summed E-state index contributed by atoms with van der Waals surface area (Å²) in [5.74, 6) is -3.08. The number of nitrogens with zero attached hydrogens (tertiary/aromatic N) is 5. The Morgan fingerprint density at radius 3 is 2.79 bits per heavy atom. The Kier molecular flexibility index (Phi) is 5.02. The molecule has 0 saturated carbocycles. The van der Waals surface area contributed by atoms with Crippen molar-refractivity contribution in [2.75, 3.05) is 5.32 Å². The average molecular weight is 400 g/mol. The number of alkyl halides is 2. The van der Waals surface area contributed by atoms with E-state index in [0.717, 1.165) is 11.0 Å². The lowest BCUT2D eigenvalue weighted by Gasteiger charge is -2.08. The van der Waals surface area contributed by atoms with E-state index in [1.165, 1.54) is 18.3 Å². The van der Waals surface area contributed by atoms with Gasteiger partial charge >= 0.3 is 0 Å². The normalized spacial score (nSPS) is 11.2. The number of anilines is 1. The quantitative estimate of drug-likeness (QED) is 0.500. The number of carbonyl (C=O) groups excluding carboxylic acids is 1. The van der Waals surface area contributed by atoms with Crippen LogP contribution in [-0.4, -0.2) is 36.4 Å². The minimum absolute atomic E-state index is 0.183. The molecular formula is C18H14F2N6OS. The van der Waals surface area contributed by atoms with Gasteiger partial charge in [-0.3, -0.25) is 4.79 Å². The second-order valence-electron chi connectivity index (χ2n) is 5.82. The Morgan fingerprint density at radius 2 is 1.93 bits per heavy atom. The largest absolute Gasteiger partial charge is 0.319 e. The number of benzene rings is 2. The number of nitrogens with one attached hydrogen (secondary N) is 1. The van der Waals surface area contributed by atoms with Crippen LogP contribution in [0.3, 0.4) is 0 Å². The smallest absolute Gasteiger partial charge is 0.288 e. The van der Waals surface area contributed by atoms with Gasteiger partial charge in [-0.05, 0) is 24.3 Å². The lowest BCUT2D eigenvalue weighted by molar-refractivity contribution is 0.102. The monoisotopic (exact) mass is 400 g/mol. The fraction of sp³-hybridized carbons (Fsp3) is 0.111. The zero-order valence-corrected chi connectivity index (χ0v) is 15.2. The first-order chi connectivity index (χ1) is 13.6. The van der Waals surface area contributed by atoms with Crippen molar-refractivity contribution in [1.82, 2.24) is 24.8 Å². The van der Waals surface area contributed by atoms with E-state index in [1.54, 1.807) is 27.7 Å². The molecule has 2 heterocycles. The van der Waals surface area contributed by atoms with Gasteiger partial charge in [0.25, 0.3) is 11.7 Å². The fourth-order valence-electron chi connectivity index (χ4n) is 2.72. The molecule has 142 valence electrons. The standard InChI is InChI=1S/C18H14F2N6OS/c19-18(20)28-16-8-4-1-5-13(16)17(27)22-12-9-21-25(10-12)11-26-15-7-3-2-6-14(15)23-24-26/h1-10,18H,11H2,(H,22,27). The van der Waals surface area contributed by atoms with Gasteiger partial charge in [-0.25, -0.2) is 9.36 Å². The van der Waals surface area contributed by atoms with Crippen molar-refractivity contribution in [2.24, 2.45) is 0 Å². The third-order valence-corrected chi connectivity index (χ3v) is 4.73. The first-order valence-electron chi connectivity index (χ1n) is 8.26. The third-order valence-electron chi connectivity index (χ3n) is 3.94. The van der Waals surface area contributed by atoms with E-state index < -0.39 is 11.7 Å². The summed E-state index contributed by atoms with van der Waals surface area (Å²) >= 11 is 0.339. The summed E-state index contributed by atoms with van der Waals surface area (Å²) in [4.78, 5) is 12.7. The summed E-state index contributed by atoms with van der Waals surface area (Å²) < 4.78 is 28.7. The fourth-order valence-corrected chi connectivity index (χ4v) is 3.35. The molecule has 0 aliphatic rings. The van der Waals surface area contributed by atoms with E-state index in [9.17, 15) is 13.6 Å². The van der Waals surface area contributed by atoms with Crippen LogP contribution in [0.1, 0.15) is 10.4 Å². The van der Waals surface area contributed by atoms with Crippen molar-refractivity contribution in [1.29, 1.82) is 0 Å². The molecule has 0 saturated heterocycles. The van der Waals surface area contributed by atoms with Gasteiger partial charge < -0.3 is 5.32 Å². The number of hydrogen-bond donors (Lipinski definition) is 1. The minimum atomic E-state index is -2.60. The Balaban J connectivity index is 1.49. The van der Waals surface area contributed by atoms with E-state index >= 15 is 0 Å². The first-order valence-corrected chi connectivity index (χ1v) is 9.14. The Labute approximate surface area is 162 Å². The molecule has 10 heteroatoms. The molecule has 0 radical (unpaired) electrons. The van der Waals surface area contributed by atoms with E-state index in [4.69, 9.17) is 0 Å². The second kappa shape index (κ2) is 7.77. The van der Waals surface area contributed by atoms with Crippen molar-refractivity contribution in [3.8, 4) is 0 Å². The Bertz CT molecular complexity index is 1130. The highest BCUT2D eigenvalue weighted by Crippen LogP contribution is 2.28. The average Bonchev–Trinajstić information content (AvgIpc) is 3.29. The summed E-state index contributed by atoms with van der Waals surface area (Å²) in [5, 5.41) is 15.1. The third kappa shape index (κ3) is 3.86. The molecule has 0 atom stereocenters. The molecule has 4 rings (SSSR count). The zero-order valence-electron chi connectivity index (χ0n) is 14.4. The molecule has 2 aromatic carbocycles. The van der Waals surface area contributed by atoms with Crippen LogP contribution in [0.5, 0.6) is 0 Å². The molecule has 1 amide bonds. The maximum absolute atomic E-state index is 12.7. The van der Waals surface area contributed by atoms with Gasteiger partial charge in [0.1, 0.15) is 12.2 Å². The van der Waals surface area contributed by atoms with Crippen LogP contribution in [0.4, 0.5) is 14.5 Å². The summed E-state index contributed by atoms with van der Waals surface area (Å²) in [6.45, 7) is 0.314. The molecule has 28 heavy (non-hydrogen) atoms. The van der Waals surface area contributed by atoms with Gasteiger partial charge in [0.15, 0.2) is 0 Å². The van der Waals surface area contributed by atoms with Crippen LogP contribution in [0, 0.1) is 0 Å². The van der Waals surface area contributed by atoms with Gasteiger partial charge in [0.05, 0.1) is 29.2 Å². The number of rotatable bonds is 6. The summed E-state index contributed by atoms with van der Waals surface area (Å²) in [7, 11) is 0. The lowest BCUT2D eigenvalue weighted by Crippen LogP contribution is -2.13. The summed E-state index contributed by atoms with van der Waals surface area (Å²) in [6, 6.07) is 13.8.